The molecule has 2 unspecified atom stereocenters. The highest BCUT2D eigenvalue weighted by atomic mass is 16.3. The van der Waals surface area contributed by atoms with Gasteiger partial charge in [0.05, 0.1) is 6.10 Å². The summed E-state index contributed by atoms with van der Waals surface area (Å²) in [6.07, 6.45) is 3.02. The van der Waals surface area contributed by atoms with E-state index in [1.165, 1.54) is 6.42 Å². The number of Topliss-reactive ketones (excluding diaryl/α,β-unsaturated/α-hetero) is 1. The van der Waals surface area contributed by atoms with Crippen LogP contribution in [0.15, 0.2) is 0 Å². The second kappa shape index (κ2) is 3.35. The van der Waals surface area contributed by atoms with Crippen molar-refractivity contribution in [1.82, 2.24) is 0 Å². The zero-order valence-electron chi connectivity index (χ0n) is 7.21. The van der Waals surface area contributed by atoms with Gasteiger partial charge in [0.25, 0.3) is 0 Å². The summed E-state index contributed by atoms with van der Waals surface area (Å²) in [5, 5.41) is 9.59. The SMILES string of the molecule is CC(=O)C(C)C(O)C1CCC1. The van der Waals surface area contributed by atoms with Crippen molar-refractivity contribution < 1.29 is 9.90 Å². The van der Waals surface area contributed by atoms with Gasteiger partial charge in [-0.2, -0.15) is 0 Å². The minimum Gasteiger partial charge on any atom is -0.392 e. The standard InChI is InChI=1S/C9H16O2/c1-6(7(2)10)9(11)8-4-3-5-8/h6,8-9,11H,3-5H2,1-2H3. The van der Waals surface area contributed by atoms with Crippen LogP contribution in [0.25, 0.3) is 0 Å². The smallest absolute Gasteiger partial charge is 0.135 e. The van der Waals surface area contributed by atoms with E-state index < -0.39 is 0 Å². The van der Waals surface area contributed by atoms with Gasteiger partial charge >= 0.3 is 0 Å². The van der Waals surface area contributed by atoms with Crippen LogP contribution in [0.4, 0.5) is 0 Å². The summed E-state index contributed by atoms with van der Waals surface area (Å²) in [4.78, 5) is 10.9. The minimum absolute atomic E-state index is 0.101. The average molecular weight is 156 g/mol. The minimum atomic E-state index is -0.388. The van der Waals surface area contributed by atoms with E-state index in [9.17, 15) is 9.90 Å². The Labute approximate surface area is 67.6 Å². The van der Waals surface area contributed by atoms with E-state index in [1.807, 2.05) is 6.92 Å². The van der Waals surface area contributed by atoms with Gasteiger partial charge in [-0.25, -0.2) is 0 Å². The Morgan fingerprint density at radius 1 is 1.55 bits per heavy atom. The average Bonchev–Trinajstić information content (AvgIpc) is 1.82. The van der Waals surface area contributed by atoms with Gasteiger partial charge in [0.1, 0.15) is 5.78 Å². The Kier molecular flexibility index (Phi) is 2.66. The van der Waals surface area contributed by atoms with Crippen molar-refractivity contribution in [2.24, 2.45) is 11.8 Å². The molecule has 0 amide bonds. The fourth-order valence-corrected chi connectivity index (χ4v) is 1.43. The molecular formula is C9H16O2. The molecule has 0 aromatic rings. The van der Waals surface area contributed by atoms with Gasteiger partial charge in [-0.3, -0.25) is 4.79 Å². The topological polar surface area (TPSA) is 37.3 Å². The quantitative estimate of drug-likeness (QED) is 0.670. The number of aliphatic hydroxyl groups excluding tert-OH is 1. The molecule has 1 saturated carbocycles. The summed E-state index contributed by atoms with van der Waals surface area (Å²) in [5.41, 5.74) is 0. The largest absolute Gasteiger partial charge is 0.392 e. The van der Waals surface area contributed by atoms with Crippen molar-refractivity contribution in [3.63, 3.8) is 0 Å². The lowest BCUT2D eigenvalue weighted by Gasteiger charge is -2.32. The third kappa shape index (κ3) is 1.80. The lowest BCUT2D eigenvalue weighted by atomic mass is 9.76. The van der Waals surface area contributed by atoms with Gasteiger partial charge in [0.2, 0.25) is 0 Å². The normalized spacial score (nSPS) is 23.9. The van der Waals surface area contributed by atoms with Crippen LogP contribution >= 0.6 is 0 Å². The second-order valence-electron chi connectivity index (χ2n) is 3.58. The van der Waals surface area contributed by atoms with Crippen molar-refractivity contribution in [2.45, 2.75) is 39.2 Å². The Balaban J connectivity index is 2.38. The van der Waals surface area contributed by atoms with Gasteiger partial charge in [-0.1, -0.05) is 13.3 Å². The number of hydrogen-bond donors (Lipinski definition) is 1. The number of rotatable bonds is 3. The summed E-state index contributed by atoms with van der Waals surface area (Å²) < 4.78 is 0. The maximum Gasteiger partial charge on any atom is 0.135 e. The fraction of sp³-hybridized carbons (Fsp3) is 0.889. The Bertz CT molecular complexity index is 150. The molecule has 1 fully saturated rings. The van der Waals surface area contributed by atoms with E-state index in [4.69, 9.17) is 0 Å². The van der Waals surface area contributed by atoms with Gasteiger partial charge in [0.15, 0.2) is 0 Å². The van der Waals surface area contributed by atoms with Crippen molar-refractivity contribution in [1.29, 1.82) is 0 Å². The van der Waals surface area contributed by atoms with Crippen LogP contribution in [0, 0.1) is 11.8 Å². The second-order valence-corrected chi connectivity index (χ2v) is 3.58. The van der Waals surface area contributed by atoms with E-state index in [-0.39, 0.29) is 17.8 Å². The molecule has 2 heteroatoms. The van der Waals surface area contributed by atoms with Crippen LogP contribution in [0.3, 0.4) is 0 Å². The maximum atomic E-state index is 10.9. The molecule has 0 spiro atoms. The third-order valence-electron chi connectivity index (χ3n) is 2.79. The van der Waals surface area contributed by atoms with Crippen LogP contribution in [-0.4, -0.2) is 17.0 Å². The van der Waals surface area contributed by atoms with Crippen LogP contribution in [-0.2, 0) is 4.79 Å². The molecule has 64 valence electrons. The van der Waals surface area contributed by atoms with E-state index in [1.54, 1.807) is 6.92 Å². The molecule has 2 atom stereocenters. The first kappa shape index (κ1) is 8.72. The maximum absolute atomic E-state index is 10.9. The molecule has 1 aliphatic carbocycles. The number of hydrogen-bond acceptors (Lipinski definition) is 2. The van der Waals surface area contributed by atoms with Crippen molar-refractivity contribution in [2.75, 3.05) is 0 Å². The zero-order chi connectivity index (χ0) is 8.43. The summed E-state index contributed by atoms with van der Waals surface area (Å²) >= 11 is 0. The molecule has 1 N–H and O–H groups in total. The molecule has 2 nitrogen and oxygen atoms in total. The fourth-order valence-electron chi connectivity index (χ4n) is 1.43. The van der Waals surface area contributed by atoms with E-state index in [0.717, 1.165) is 12.8 Å². The summed E-state index contributed by atoms with van der Waals surface area (Å²) in [7, 11) is 0. The number of carbonyl (C=O) groups is 1. The molecule has 0 aliphatic heterocycles. The first-order chi connectivity index (χ1) is 5.13. The first-order valence-corrected chi connectivity index (χ1v) is 4.31. The highest BCUT2D eigenvalue weighted by Crippen LogP contribution is 2.32. The lowest BCUT2D eigenvalue weighted by Crippen LogP contribution is -2.35. The van der Waals surface area contributed by atoms with Crippen LogP contribution in [0.2, 0.25) is 0 Å². The molecule has 11 heavy (non-hydrogen) atoms. The van der Waals surface area contributed by atoms with E-state index >= 15 is 0 Å². The molecule has 0 bridgehead atoms. The molecule has 0 saturated heterocycles. The molecule has 0 aromatic carbocycles. The van der Waals surface area contributed by atoms with Crippen LogP contribution in [0.5, 0.6) is 0 Å². The predicted octanol–water partition coefficient (Wildman–Crippen LogP) is 1.37. The Morgan fingerprint density at radius 2 is 2.09 bits per heavy atom. The van der Waals surface area contributed by atoms with Gasteiger partial charge < -0.3 is 5.11 Å². The summed E-state index contributed by atoms with van der Waals surface area (Å²) in [6, 6.07) is 0. The first-order valence-electron chi connectivity index (χ1n) is 4.31. The lowest BCUT2D eigenvalue weighted by molar-refractivity contribution is -0.125. The van der Waals surface area contributed by atoms with E-state index in [2.05, 4.69) is 0 Å². The zero-order valence-corrected chi connectivity index (χ0v) is 7.21. The Hall–Kier alpha value is -0.370. The third-order valence-corrected chi connectivity index (χ3v) is 2.79. The van der Waals surface area contributed by atoms with Gasteiger partial charge in [0, 0.05) is 5.92 Å². The molecule has 0 radical (unpaired) electrons. The van der Waals surface area contributed by atoms with E-state index in [0.29, 0.717) is 5.92 Å². The van der Waals surface area contributed by atoms with Crippen LogP contribution < -0.4 is 0 Å². The predicted molar refractivity (Wildman–Crippen MR) is 43.2 cm³/mol. The van der Waals surface area contributed by atoms with Gasteiger partial charge in [-0.15, -0.1) is 0 Å². The summed E-state index contributed by atoms with van der Waals surface area (Å²) in [5.74, 6) is 0.332. The van der Waals surface area contributed by atoms with Gasteiger partial charge in [-0.05, 0) is 25.7 Å². The molecular weight excluding hydrogens is 140 g/mol. The van der Waals surface area contributed by atoms with Crippen LogP contribution in [0.1, 0.15) is 33.1 Å². The number of aliphatic hydroxyl groups is 1. The monoisotopic (exact) mass is 156 g/mol. The number of carbonyl (C=O) groups excluding carboxylic acids is 1. The molecule has 0 heterocycles. The van der Waals surface area contributed by atoms with Crippen molar-refractivity contribution in [3.8, 4) is 0 Å². The molecule has 1 rings (SSSR count). The number of ketones is 1. The highest BCUT2D eigenvalue weighted by Gasteiger charge is 2.31. The van der Waals surface area contributed by atoms with Crippen molar-refractivity contribution >= 4 is 5.78 Å². The van der Waals surface area contributed by atoms with Crippen molar-refractivity contribution in [3.05, 3.63) is 0 Å². The molecule has 1 aliphatic rings. The Morgan fingerprint density at radius 3 is 2.36 bits per heavy atom. The summed E-state index contributed by atoms with van der Waals surface area (Å²) in [6.45, 7) is 3.36. The highest BCUT2D eigenvalue weighted by molar-refractivity contribution is 5.78. The molecule has 0 aromatic heterocycles.